The zero-order valence-electron chi connectivity index (χ0n) is 17.0. The summed E-state index contributed by atoms with van der Waals surface area (Å²) in [6.07, 6.45) is 2.20. The van der Waals surface area contributed by atoms with Crippen LogP contribution in [0.15, 0.2) is 42.5 Å². The maximum atomic E-state index is 12.4. The molecule has 2 aliphatic heterocycles. The summed E-state index contributed by atoms with van der Waals surface area (Å²) in [5.41, 5.74) is 3.44. The van der Waals surface area contributed by atoms with Crippen LogP contribution in [0.3, 0.4) is 0 Å². The highest BCUT2D eigenvalue weighted by Crippen LogP contribution is 2.41. The Balaban J connectivity index is 1.65. The van der Waals surface area contributed by atoms with Crippen LogP contribution in [0.1, 0.15) is 42.6 Å². The number of nitrogens with zero attached hydrogens (tertiary/aromatic N) is 3. The van der Waals surface area contributed by atoms with Crippen LogP contribution in [0.5, 0.6) is 5.75 Å². The number of benzene rings is 1. The van der Waals surface area contributed by atoms with Crippen LogP contribution in [0.2, 0.25) is 0 Å². The number of ether oxygens (including phenoxy) is 1. The minimum absolute atomic E-state index is 0.182. The standard InChI is InChI=1S/C23H29N3O2/c1-16-6-4-7-19(24-16)14-25-13-5-8-22-23(25)21(15-26(22)17(2)27)18-9-11-20(28-3)12-10-18/h4,6-7,9-12,21-23H,5,8,13-15H2,1-3H3/t21-,22-,23-/m1/s1. The highest BCUT2D eigenvalue weighted by molar-refractivity contribution is 5.74. The number of aromatic nitrogens is 1. The molecule has 0 radical (unpaired) electrons. The average Bonchev–Trinajstić information content (AvgIpc) is 3.09. The van der Waals surface area contributed by atoms with E-state index in [9.17, 15) is 4.79 Å². The Morgan fingerprint density at radius 3 is 2.68 bits per heavy atom. The van der Waals surface area contributed by atoms with Crippen LogP contribution in [-0.4, -0.2) is 53.0 Å². The third kappa shape index (κ3) is 3.63. The second-order valence-corrected chi connectivity index (χ2v) is 7.99. The van der Waals surface area contributed by atoms with Gasteiger partial charge in [0.25, 0.3) is 0 Å². The smallest absolute Gasteiger partial charge is 0.219 e. The van der Waals surface area contributed by atoms with Crippen LogP contribution in [0.4, 0.5) is 0 Å². The first-order chi connectivity index (χ1) is 13.6. The lowest BCUT2D eigenvalue weighted by Gasteiger charge is -2.41. The van der Waals surface area contributed by atoms with Crippen molar-refractivity contribution in [1.82, 2.24) is 14.8 Å². The molecule has 3 atom stereocenters. The van der Waals surface area contributed by atoms with Crippen molar-refractivity contribution in [1.29, 1.82) is 0 Å². The fourth-order valence-electron chi connectivity index (χ4n) is 4.98. The average molecular weight is 380 g/mol. The molecule has 2 fully saturated rings. The zero-order valence-corrected chi connectivity index (χ0v) is 17.0. The Labute approximate surface area is 167 Å². The Hall–Kier alpha value is -2.40. The summed E-state index contributed by atoms with van der Waals surface area (Å²) in [6.45, 7) is 6.41. The van der Waals surface area contributed by atoms with Gasteiger partial charge in [-0.1, -0.05) is 18.2 Å². The number of piperidine rings is 1. The van der Waals surface area contributed by atoms with Gasteiger partial charge in [-0.05, 0) is 56.1 Å². The van der Waals surface area contributed by atoms with Crippen LogP contribution in [0.25, 0.3) is 0 Å². The van der Waals surface area contributed by atoms with Gasteiger partial charge in [0.1, 0.15) is 5.75 Å². The summed E-state index contributed by atoms with van der Waals surface area (Å²) in [7, 11) is 1.69. The molecule has 0 spiro atoms. The van der Waals surface area contributed by atoms with Crippen molar-refractivity contribution in [3.63, 3.8) is 0 Å². The van der Waals surface area contributed by atoms with Gasteiger partial charge in [0.15, 0.2) is 0 Å². The van der Waals surface area contributed by atoms with Gasteiger partial charge in [-0.2, -0.15) is 0 Å². The van der Waals surface area contributed by atoms with E-state index >= 15 is 0 Å². The van der Waals surface area contributed by atoms with Crippen LogP contribution < -0.4 is 4.74 Å². The number of likely N-dealkylation sites (tertiary alicyclic amines) is 2. The highest BCUT2D eigenvalue weighted by Gasteiger charge is 2.47. The van der Waals surface area contributed by atoms with Gasteiger partial charge in [-0.3, -0.25) is 14.7 Å². The Bertz CT molecular complexity index is 836. The normalized spacial score (nSPS) is 24.8. The fraction of sp³-hybridized carbons (Fsp3) is 0.478. The van der Waals surface area contributed by atoms with Crippen LogP contribution in [-0.2, 0) is 11.3 Å². The van der Waals surface area contributed by atoms with Crippen molar-refractivity contribution in [3.8, 4) is 5.75 Å². The molecule has 0 saturated carbocycles. The first-order valence-corrected chi connectivity index (χ1v) is 10.1. The predicted molar refractivity (Wildman–Crippen MR) is 109 cm³/mol. The molecule has 3 heterocycles. The summed E-state index contributed by atoms with van der Waals surface area (Å²) in [5.74, 6) is 1.36. The van der Waals surface area contributed by atoms with E-state index in [2.05, 4.69) is 34.1 Å². The Morgan fingerprint density at radius 2 is 2.00 bits per heavy atom. The molecule has 0 aliphatic carbocycles. The van der Waals surface area contributed by atoms with Crippen LogP contribution >= 0.6 is 0 Å². The van der Waals surface area contributed by atoms with Gasteiger partial charge in [-0.15, -0.1) is 0 Å². The maximum Gasteiger partial charge on any atom is 0.219 e. The quantitative estimate of drug-likeness (QED) is 0.817. The number of amides is 1. The second kappa shape index (κ2) is 7.92. The molecule has 1 amide bonds. The van der Waals surface area contributed by atoms with Gasteiger partial charge in [0.05, 0.1) is 12.8 Å². The van der Waals surface area contributed by atoms with Crippen molar-refractivity contribution < 1.29 is 9.53 Å². The number of carbonyl (C=O) groups excluding carboxylic acids is 1. The fourth-order valence-corrected chi connectivity index (χ4v) is 4.98. The number of rotatable bonds is 4. The lowest BCUT2D eigenvalue weighted by Crippen LogP contribution is -2.51. The van der Waals surface area contributed by atoms with Crippen molar-refractivity contribution >= 4 is 5.91 Å². The number of aryl methyl sites for hydroxylation is 1. The zero-order chi connectivity index (χ0) is 19.7. The molecule has 0 bridgehead atoms. The molecule has 28 heavy (non-hydrogen) atoms. The van der Waals surface area contributed by atoms with E-state index in [0.717, 1.165) is 49.6 Å². The number of methoxy groups -OCH3 is 1. The minimum atomic E-state index is 0.182. The van der Waals surface area contributed by atoms with E-state index in [0.29, 0.717) is 12.0 Å². The van der Waals surface area contributed by atoms with E-state index in [1.807, 2.05) is 25.1 Å². The van der Waals surface area contributed by atoms with E-state index in [1.54, 1.807) is 14.0 Å². The van der Waals surface area contributed by atoms with Gasteiger partial charge in [0.2, 0.25) is 5.91 Å². The predicted octanol–water partition coefficient (Wildman–Crippen LogP) is 3.38. The molecular formula is C23H29N3O2. The molecule has 1 aromatic heterocycles. The monoisotopic (exact) mass is 379 g/mol. The summed E-state index contributed by atoms with van der Waals surface area (Å²) < 4.78 is 5.33. The number of fused-ring (bicyclic) bond motifs is 1. The lowest BCUT2D eigenvalue weighted by molar-refractivity contribution is -0.130. The number of hydrogen-bond donors (Lipinski definition) is 0. The Morgan fingerprint density at radius 1 is 1.21 bits per heavy atom. The van der Waals surface area contributed by atoms with Gasteiger partial charge in [0, 0.05) is 43.7 Å². The van der Waals surface area contributed by atoms with Gasteiger partial charge >= 0.3 is 0 Å². The molecule has 148 valence electrons. The molecule has 0 unspecified atom stereocenters. The van der Waals surface area contributed by atoms with E-state index < -0.39 is 0 Å². The maximum absolute atomic E-state index is 12.4. The minimum Gasteiger partial charge on any atom is -0.497 e. The molecule has 4 rings (SSSR count). The lowest BCUT2D eigenvalue weighted by atomic mass is 9.86. The molecule has 0 N–H and O–H groups in total. The summed E-state index contributed by atoms with van der Waals surface area (Å²) in [6, 6.07) is 15.2. The number of hydrogen-bond acceptors (Lipinski definition) is 4. The Kier molecular flexibility index (Phi) is 5.36. The molecule has 2 saturated heterocycles. The SMILES string of the molecule is COc1ccc([C@H]2CN(C(C)=O)[C@@H]3CCCN(Cc4cccc(C)n4)[C@H]23)cc1. The third-order valence-electron chi connectivity index (χ3n) is 6.23. The molecular weight excluding hydrogens is 350 g/mol. The van der Waals surface area contributed by atoms with Crippen molar-refractivity contribution in [2.45, 2.75) is 51.2 Å². The third-order valence-corrected chi connectivity index (χ3v) is 6.23. The number of carbonyl (C=O) groups is 1. The van der Waals surface area contributed by atoms with Gasteiger partial charge in [-0.25, -0.2) is 0 Å². The van der Waals surface area contributed by atoms with Crippen molar-refractivity contribution in [2.75, 3.05) is 20.2 Å². The molecule has 2 aromatic rings. The number of pyridine rings is 1. The largest absolute Gasteiger partial charge is 0.497 e. The van der Waals surface area contributed by atoms with Crippen molar-refractivity contribution in [2.24, 2.45) is 0 Å². The van der Waals surface area contributed by atoms with E-state index in [4.69, 9.17) is 9.72 Å². The van der Waals surface area contributed by atoms with Gasteiger partial charge < -0.3 is 9.64 Å². The summed E-state index contributed by atoms with van der Waals surface area (Å²) in [4.78, 5) is 21.7. The van der Waals surface area contributed by atoms with Crippen LogP contribution in [0, 0.1) is 6.92 Å². The first-order valence-electron chi connectivity index (χ1n) is 10.1. The molecule has 5 nitrogen and oxygen atoms in total. The molecule has 1 aromatic carbocycles. The summed E-state index contributed by atoms with van der Waals surface area (Å²) in [5, 5.41) is 0. The van der Waals surface area contributed by atoms with E-state index in [1.165, 1.54) is 5.56 Å². The van der Waals surface area contributed by atoms with Crippen molar-refractivity contribution in [3.05, 3.63) is 59.4 Å². The summed E-state index contributed by atoms with van der Waals surface area (Å²) >= 11 is 0. The molecule has 2 aliphatic rings. The molecule has 5 heteroatoms. The first kappa shape index (κ1) is 18.9. The topological polar surface area (TPSA) is 45.7 Å². The van der Waals surface area contributed by atoms with E-state index in [-0.39, 0.29) is 11.9 Å². The highest BCUT2D eigenvalue weighted by atomic mass is 16.5. The second-order valence-electron chi connectivity index (χ2n) is 7.99.